The second-order valence-electron chi connectivity index (χ2n) is 4.82. The molecule has 8 heteroatoms. The molecule has 0 atom stereocenters. The maximum absolute atomic E-state index is 13.0. The molecule has 6 nitrogen and oxygen atoms in total. The van der Waals surface area contributed by atoms with Crippen molar-refractivity contribution in [1.82, 2.24) is 0 Å². The van der Waals surface area contributed by atoms with Crippen LogP contribution in [0.15, 0.2) is 36.4 Å². The van der Waals surface area contributed by atoms with Gasteiger partial charge in [-0.05, 0) is 24.6 Å². The monoisotopic (exact) mass is 321 g/mol. The number of benzene rings is 2. The molecule has 2 aromatic rings. The molecular weight excluding hydrogens is 308 g/mol. The van der Waals surface area contributed by atoms with Crippen molar-refractivity contribution in [3.63, 3.8) is 0 Å². The number of non-ortho nitro benzene ring substituents is 1. The lowest BCUT2D eigenvalue weighted by Gasteiger charge is -2.10. The molecular formula is C15H13F2N3O3. The van der Waals surface area contributed by atoms with Crippen LogP contribution in [0, 0.1) is 28.7 Å². The topological polar surface area (TPSA) is 84.3 Å². The highest BCUT2D eigenvalue weighted by atomic mass is 19.1. The summed E-state index contributed by atoms with van der Waals surface area (Å²) in [5, 5.41) is 15.8. The Labute approximate surface area is 130 Å². The lowest BCUT2D eigenvalue weighted by Crippen LogP contribution is -2.22. The summed E-state index contributed by atoms with van der Waals surface area (Å²) in [4.78, 5) is 22.0. The predicted octanol–water partition coefficient (Wildman–Crippen LogP) is 3.23. The highest BCUT2D eigenvalue weighted by Crippen LogP contribution is 2.21. The number of nitrogens with one attached hydrogen (secondary N) is 2. The predicted molar refractivity (Wildman–Crippen MR) is 81.3 cm³/mol. The zero-order valence-corrected chi connectivity index (χ0v) is 12.1. The molecule has 0 fully saturated rings. The molecule has 0 radical (unpaired) electrons. The summed E-state index contributed by atoms with van der Waals surface area (Å²) in [6.07, 6.45) is 0. The average Bonchev–Trinajstić information content (AvgIpc) is 2.45. The van der Waals surface area contributed by atoms with E-state index in [-0.39, 0.29) is 17.9 Å². The van der Waals surface area contributed by atoms with Crippen LogP contribution < -0.4 is 10.6 Å². The Morgan fingerprint density at radius 1 is 1.17 bits per heavy atom. The van der Waals surface area contributed by atoms with Gasteiger partial charge >= 0.3 is 0 Å². The van der Waals surface area contributed by atoms with Crippen molar-refractivity contribution >= 4 is 23.0 Å². The molecule has 2 N–H and O–H groups in total. The Morgan fingerprint density at radius 2 is 1.83 bits per heavy atom. The molecule has 120 valence electrons. The Kier molecular flexibility index (Phi) is 4.85. The maximum atomic E-state index is 13.0. The van der Waals surface area contributed by atoms with E-state index in [1.54, 1.807) is 13.0 Å². The number of halogens is 2. The molecule has 2 rings (SSSR count). The summed E-state index contributed by atoms with van der Waals surface area (Å²) in [5.41, 5.74) is 1.04. The number of nitrogens with zero attached hydrogens (tertiary/aromatic N) is 1. The number of nitro benzene ring substituents is 1. The largest absolute Gasteiger partial charge is 0.376 e. The number of rotatable bonds is 5. The summed E-state index contributed by atoms with van der Waals surface area (Å²) in [7, 11) is 0. The van der Waals surface area contributed by atoms with Crippen LogP contribution in [0.1, 0.15) is 5.56 Å². The van der Waals surface area contributed by atoms with Crippen molar-refractivity contribution < 1.29 is 18.5 Å². The number of amides is 1. The minimum atomic E-state index is -0.803. The standard InChI is InChI=1S/C15H13F2N3O3/c1-9-2-3-13(20(22)23)7-14(9)18-8-15(21)19-12-5-10(16)4-11(17)6-12/h2-7,18H,8H2,1H3,(H,19,21). The van der Waals surface area contributed by atoms with Gasteiger partial charge in [-0.3, -0.25) is 14.9 Å². The van der Waals surface area contributed by atoms with Gasteiger partial charge in [0.25, 0.3) is 5.69 Å². The zero-order valence-electron chi connectivity index (χ0n) is 12.1. The molecule has 0 unspecified atom stereocenters. The molecule has 0 heterocycles. The van der Waals surface area contributed by atoms with Gasteiger partial charge in [-0.25, -0.2) is 8.78 Å². The first-order valence-electron chi connectivity index (χ1n) is 6.60. The minimum Gasteiger partial charge on any atom is -0.376 e. The van der Waals surface area contributed by atoms with Gasteiger partial charge in [-0.2, -0.15) is 0 Å². The fraction of sp³-hybridized carbons (Fsp3) is 0.133. The second kappa shape index (κ2) is 6.82. The van der Waals surface area contributed by atoms with Crippen molar-refractivity contribution in [3.8, 4) is 0 Å². The van der Waals surface area contributed by atoms with Gasteiger partial charge in [-0.1, -0.05) is 6.07 Å². The highest BCUT2D eigenvalue weighted by Gasteiger charge is 2.10. The van der Waals surface area contributed by atoms with Crippen molar-refractivity contribution in [2.75, 3.05) is 17.2 Å². The number of hydrogen-bond acceptors (Lipinski definition) is 4. The minimum absolute atomic E-state index is 0.00920. The van der Waals surface area contributed by atoms with Crippen LogP contribution in [0.25, 0.3) is 0 Å². The Bertz CT molecular complexity index is 745. The first-order valence-corrected chi connectivity index (χ1v) is 6.60. The second-order valence-corrected chi connectivity index (χ2v) is 4.82. The molecule has 0 aromatic heterocycles. The SMILES string of the molecule is Cc1ccc([N+](=O)[O-])cc1NCC(=O)Nc1cc(F)cc(F)c1. The van der Waals surface area contributed by atoms with Gasteiger partial charge in [0, 0.05) is 29.6 Å². The number of anilines is 2. The molecule has 23 heavy (non-hydrogen) atoms. The third-order valence-corrected chi connectivity index (χ3v) is 3.02. The van der Waals surface area contributed by atoms with Crippen molar-refractivity contribution in [1.29, 1.82) is 0 Å². The maximum Gasteiger partial charge on any atom is 0.271 e. The molecule has 0 aliphatic heterocycles. The first kappa shape index (κ1) is 16.3. The molecule has 0 spiro atoms. The fourth-order valence-electron chi connectivity index (χ4n) is 1.92. The molecule has 0 aliphatic carbocycles. The van der Waals surface area contributed by atoms with Crippen LogP contribution in [0.3, 0.4) is 0 Å². The number of aryl methyl sites for hydroxylation is 1. The van der Waals surface area contributed by atoms with Crippen molar-refractivity contribution in [3.05, 3.63) is 63.7 Å². The van der Waals surface area contributed by atoms with E-state index in [4.69, 9.17) is 0 Å². The first-order chi connectivity index (χ1) is 10.8. The Hall–Kier alpha value is -3.03. The van der Waals surface area contributed by atoms with E-state index >= 15 is 0 Å². The van der Waals surface area contributed by atoms with E-state index in [2.05, 4.69) is 10.6 Å². The number of carbonyl (C=O) groups is 1. The van der Waals surface area contributed by atoms with E-state index in [0.717, 1.165) is 17.7 Å². The van der Waals surface area contributed by atoms with Crippen LogP contribution in [0.5, 0.6) is 0 Å². The summed E-state index contributed by atoms with van der Waals surface area (Å²) in [5.74, 6) is -2.15. The van der Waals surface area contributed by atoms with Gasteiger partial charge in [0.2, 0.25) is 5.91 Å². The summed E-state index contributed by atoms with van der Waals surface area (Å²) in [6, 6.07) is 6.89. The number of carbonyl (C=O) groups excluding carboxylic acids is 1. The molecule has 0 saturated carbocycles. The number of hydrogen-bond donors (Lipinski definition) is 2. The zero-order chi connectivity index (χ0) is 17.0. The molecule has 0 bridgehead atoms. The smallest absolute Gasteiger partial charge is 0.271 e. The van der Waals surface area contributed by atoms with Crippen LogP contribution in [-0.4, -0.2) is 17.4 Å². The lowest BCUT2D eigenvalue weighted by molar-refractivity contribution is -0.384. The Balaban J connectivity index is 2.01. The van der Waals surface area contributed by atoms with Crippen LogP contribution in [0.4, 0.5) is 25.8 Å². The van der Waals surface area contributed by atoms with Crippen LogP contribution in [0.2, 0.25) is 0 Å². The Morgan fingerprint density at radius 3 is 2.43 bits per heavy atom. The molecule has 0 aliphatic rings. The van der Waals surface area contributed by atoms with Crippen LogP contribution >= 0.6 is 0 Å². The third-order valence-electron chi connectivity index (χ3n) is 3.02. The van der Waals surface area contributed by atoms with Crippen molar-refractivity contribution in [2.45, 2.75) is 6.92 Å². The summed E-state index contributed by atoms with van der Waals surface area (Å²) < 4.78 is 26.1. The van der Waals surface area contributed by atoms with Crippen LogP contribution in [-0.2, 0) is 4.79 Å². The van der Waals surface area contributed by atoms with E-state index in [1.165, 1.54) is 12.1 Å². The van der Waals surface area contributed by atoms with E-state index in [0.29, 0.717) is 11.8 Å². The average molecular weight is 321 g/mol. The molecule has 2 aromatic carbocycles. The molecule has 0 saturated heterocycles. The van der Waals surface area contributed by atoms with Crippen molar-refractivity contribution in [2.24, 2.45) is 0 Å². The summed E-state index contributed by atoms with van der Waals surface area (Å²) in [6.45, 7) is 1.52. The third kappa shape index (κ3) is 4.47. The lowest BCUT2D eigenvalue weighted by atomic mass is 10.2. The van der Waals surface area contributed by atoms with E-state index < -0.39 is 22.5 Å². The van der Waals surface area contributed by atoms with Gasteiger partial charge < -0.3 is 10.6 Å². The van der Waals surface area contributed by atoms with Gasteiger partial charge in [-0.15, -0.1) is 0 Å². The highest BCUT2D eigenvalue weighted by molar-refractivity contribution is 5.93. The van der Waals surface area contributed by atoms with Gasteiger partial charge in [0.05, 0.1) is 11.5 Å². The summed E-state index contributed by atoms with van der Waals surface area (Å²) >= 11 is 0. The number of nitro groups is 1. The van der Waals surface area contributed by atoms with Gasteiger partial charge in [0.15, 0.2) is 0 Å². The normalized spacial score (nSPS) is 10.2. The van der Waals surface area contributed by atoms with Gasteiger partial charge in [0.1, 0.15) is 11.6 Å². The van der Waals surface area contributed by atoms with E-state index in [1.807, 2.05) is 0 Å². The van der Waals surface area contributed by atoms with E-state index in [9.17, 15) is 23.7 Å². The fourth-order valence-corrected chi connectivity index (χ4v) is 1.92. The molecule has 1 amide bonds. The quantitative estimate of drug-likeness (QED) is 0.654.